The molecule has 0 bridgehead atoms. The van der Waals surface area contributed by atoms with Gasteiger partial charge in [0.1, 0.15) is 0 Å². The molecule has 0 heterocycles. The molecule has 2 N–H and O–H groups in total. The first-order valence-electron chi connectivity index (χ1n) is 6.75. The Balaban J connectivity index is 4.31. The van der Waals surface area contributed by atoms with Gasteiger partial charge in [-0.15, -0.1) is 0 Å². The highest BCUT2D eigenvalue weighted by atomic mass is 16.2. The van der Waals surface area contributed by atoms with Gasteiger partial charge in [0, 0.05) is 6.54 Å². The summed E-state index contributed by atoms with van der Waals surface area (Å²) in [6.45, 7) is 16.3. The number of carbonyl (C=O) groups is 1. The Labute approximate surface area is 107 Å². The van der Waals surface area contributed by atoms with Crippen LogP contribution in [0.2, 0.25) is 0 Å². The number of carbonyl (C=O) groups excluding carboxylic acids is 1. The Hall–Kier alpha value is -0.570. The minimum absolute atomic E-state index is 0.0886. The summed E-state index contributed by atoms with van der Waals surface area (Å²) in [5.41, 5.74) is -0.479. The van der Waals surface area contributed by atoms with Crippen LogP contribution in [0.5, 0.6) is 0 Å². The zero-order valence-corrected chi connectivity index (χ0v) is 12.6. The minimum atomic E-state index is -0.479. The van der Waals surface area contributed by atoms with E-state index in [4.69, 9.17) is 0 Å². The molecule has 0 rings (SSSR count). The Morgan fingerprint density at radius 2 is 1.59 bits per heavy atom. The lowest BCUT2D eigenvalue weighted by Gasteiger charge is -2.29. The maximum atomic E-state index is 12.0. The second kappa shape index (κ2) is 7.00. The second-order valence-electron chi connectivity index (χ2n) is 6.02. The van der Waals surface area contributed by atoms with Crippen molar-refractivity contribution in [2.75, 3.05) is 13.1 Å². The molecule has 17 heavy (non-hydrogen) atoms. The second-order valence-corrected chi connectivity index (χ2v) is 6.02. The predicted molar refractivity (Wildman–Crippen MR) is 73.9 cm³/mol. The van der Waals surface area contributed by atoms with Crippen molar-refractivity contribution >= 4 is 5.91 Å². The standard InChI is InChI=1S/C14H30N2O/c1-8-16-14(6,7)13(17)15-9-12(10(2)3)11(4)5/h10-12,16H,8-9H2,1-7H3,(H,15,17). The molecule has 0 saturated heterocycles. The molecule has 0 aromatic rings. The first kappa shape index (κ1) is 16.4. The van der Waals surface area contributed by atoms with Crippen molar-refractivity contribution in [1.82, 2.24) is 10.6 Å². The summed E-state index contributed by atoms with van der Waals surface area (Å²) in [5, 5.41) is 6.26. The first-order valence-corrected chi connectivity index (χ1v) is 6.75. The fraction of sp³-hybridized carbons (Fsp3) is 0.929. The summed E-state index contributed by atoms with van der Waals surface area (Å²) in [5.74, 6) is 1.82. The van der Waals surface area contributed by atoms with Crippen LogP contribution in [-0.2, 0) is 4.79 Å². The van der Waals surface area contributed by atoms with Gasteiger partial charge in [0.2, 0.25) is 5.91 Å². The van der Waals surface area contributed by atoms with Crippen molar-refractivity contribution < 1.29 is 4.79 Å². The van der Waals surface area contributed by atoms with E-state index in [-0.39, 0.29) is 5.91 Å². The highest BCUT2D eigenvalue weighted by molar-refractivity contribution is 5.85. The van der Waals surface area contributed by atoms with E-state index in [1.54, 1.807) is 0 Å². The molecule has 1 amide bonds. The zero-order chi connectivity index (χ0) is 13.6. The van der Waals surface area contributed by atoms with Crippen molar-refractivity contribution in [3.05, 3.63) is 0 Å². The van der Waals surface area contributed by atoms with Crippen LogP contribution < -0.4 is 10.6 Å². The highest BCUT2D eigenvalue weighted by Crippen LogP contribution is 2.19. The van der Waals surface area contributed by atoms with E-state index in [0.717, 1.165) is 13.1 Å². The molecule has 0 aliphatic rings. The van der Waals surface area contributed by atoms with E-state index in [2.05, 4.69) is 38.3 Å². The van der Waals surface area contributed by atoms with Gasteiger partial charge >= 0.3 is 0 Å². The molecule has 0 unspecified atom stereocenters. The van der Waals surface area contributed by atoms with Gasteiger partial charge in [-0.2, -0.15) is 0 Å². The molecule has 0 saturated carbocycles. The topological polar surface area (TPSA) is 41.1 Å². The molecule has 0 fully saturated rings. The zero-order valence-electron chi connectivity index (χ0n) is 12.6. The normalized spacial score (nSPS) is 12.6. The summed E-state index contributed by atoms with van der Waals surface area (Å²) >= 11 is 0. The van der Waals surface area contributed by atoms with E-state index in [1.807, 2.05) is 20.8 Å². The average molecular weight is 242 g/mol. The van der Waals surface area contributed by atoms with E-state index in [1.165, 1.54) is 0 Å². The van der Waals surface area contributed by atoms with Gasteiger partial charge in [0.25, 0.3) is 0 Å². The van der Waals surface area contributed by atoms with Crippen LogP contribution in [0, 0.1) is 17.8 Å². The van der Waals surface area contributed by atoms with Crippen LogP contribution in [-0.4, -0.2) is 24.5 Å². The number of nitrogens with one attached hydrogen (secondary N) is 2. The third kappa shape index (κ3) is 5.53. The monoisotopic (exact) mass is 242 g/mol. The molecule has 3 nitrogen and oxygen atoms in total. The maximum absolute atomic E-state index is 12.0. The average Bonchev–Trinajstić information content (AvgIpc) is 2.16. The summed E-state index contributed by atoms with van der Waals surface area (Å²) in [4.78, 5) is 12.0. The van der Waals surface area contributed by atoms with E-state index in [9.17, 15) is 4.79 Å². The van der Waals surface area contributed by atoms with Gasteiger partial charge in [-0.25, -0.2) is 0 Å². The Morgan fingerprint density at radius 3 is 1.94 bits per heavy atom. The lowest BCUT2D eigenvalue weighted by Crippen LogP contribution is -2.53. The SMILES string of the molecule is CCNC(C)(C)C(=O)NCC(C(C)C)C(C)C. The van der Waals surface area contributed by atoms with Gasteiger partial charge in [0.15, 0.2) is 0 Å². The molecule has 102 valence electrons. The number of hydrogen-bond acceptors (Lipinski definition) is 2. The fourth-order valence-corrected chi connectivity index (χ4v) is 2.19. The van der Waals surface area contributed by atoms with Gasteiger partial charge in [0.05, 0.1) is 5.54 Å². The lowest BCUT2D eigenvalue weighted by atomic mass is 9.85. The summed E-state index contributed by atoms with van der Waals surface area (Å²) < 4.78 is 0. The maximum Gasteiger partial charge on any atom is 0.239 e. The van der Waals surface area contributed by atoms with Crippen LogP contribution in [0.1, 0.15) is 48.5 Å². The molecule has 0 atom stereocenters. The highest BCUT2D eigenvalue weighted by Gasteiger charge is 2.27. The fourth-order valence-electron chi connectivity index (χ4n) is 2.19. The lowest BCUT2D eigenvalue weighted by molar-refractivity contribution is -0.126. The first-order chi connectivity index (χ1) is 7.72. The third-order valence-corrected chi connectivity index (χ3v) is 3.40. The molecule has 3 heteroatoms. The van der Waals surface area contributed by atoms with Crippen molar-refractivity contribution in [3.63, 3.8) is 0 Å². The van der Waals surface area contributed by atoms with Crippen LogP contribution in [0.3, 0.4) is 0 Å². The molecule has 0 aliphatic heterocycles. The summed E-state index contributed by atoms with van der Waals surface area (Å²) in [7, 11) is 0. The van der Waals surface area contributed by atoms with Crippen LogP contribution in [0.15, 0.2) is 0 Å². The quantitative estimate of drug-likeness (QED) is 0.720. The molecule has 0 spiro atoms. The molecule has 0 aromatic heterocycles. The van der Waals surface area contributed by atoms with Gasteiger partial charge < -0.3 is 10.6 Å². The molecular weight excluding hydrogens is 212 g/mol. The number of rotatable bonds is 7. The Morgan fingerprint density at radius 1 is 1.12 bits per heavy atom. The van der Waals surface area contributed by atoms with Crippen LogP contribution >= 0.6 is 0 Å². The molecule has 0 aliphatic carbocycles. The number of likely N-dealkylation sites (N-methyl/N-ethyl adjacent to an activating group) is 1. The van der Waals surface area contributed by atoms with Gasteiger partial charge in [-0.05, 0) is 38.1 Å². The van der Waals surface area contributed by atoms with E-state index in [0.29, 0.717) is 17.8 Å². The van der Waals surface area contributed by atoms with E-state index >= 15 is 0 Å². The summed E-state index contributed by atoms with van der Waals surface area (Å²) in [6.07, 6.45) is 0. The van der Waals surface area contributed by atoms with Gasteiger partial charge in [-0.1, -0.05) is 34.6 Å². The van der Waals surface area contributed by atoms with Crippen molar-refractivity contribution in [3.8, 4) is 0 Å². The molecule has 0 aromatic carbocycles. The number of amides is 1. The van der Waals surface area contributed by atoms with Crippen molar-refractivity contribution in [1.29, 1.82) is 0 Å². The third-order valence-electron chi connectivity index (χ3n) is 3.40. The van der Waals surface area contributed by atoms with Gasteiger partial charge in [-0.3, -0.25) is 4.79 Å². The summed E-state index contributed by atoms with van der Waals surface area (Å²) in [6, 6.07) is 0. The van der Waals surface area contributed by atoms with Crippen LogP contribution in [0.25, 0.3) is 0 Å². The smallest absolute Gasteiger partial charge is 0.239 e. The predicted octanol–water partition coefficient (Wildman–Crippen LogP) is 2.42. The Bertz CT molecular complexity index is 226. The van der Waals surface area contributed by atoms with Crippen molar-refractivity contribution in [2.24, 2.45) is 17.8 Å². The minimum Gasteiger partial charge on any atom is -0.354 e. The molecular formula is C14H30N2O. The van der Waals surface area contributed by atoms with E-state index < -0.39 is 5.54 Å². The number of hydrogen-bond donors (Lipinski definition) is 2. The van der Waals surface area contributed by atoms with Crippen LogP contribution in [0.4, 0.5) is 0 Å². The molecule has 0 radical (unpaired) electrons. The largest absolute Gasteiger partial charge is 0.354 e. The van der Waals surface area contributed by atoms with Crippen molar-refractivity contribution in [2.45, 2.75) is 54.0 Å². The Kier molecular flexibility index (Phi) is 6.76.